The minimum absolute atomic E-state index is 0.184. The Labute approximate surface area is 83.4 Å². The number of carbonyl (C=O) groups excluding carboxylic acids is 2. The number of unbranched alkanes of at least 4 members (excludes halogenated alkanes) is 1. The Balaban J connectivity index is 2.21. The molecule has 1 fully saturated rings. The maximum absolute atomic E-state index is 11.2. The molecule has 76 valence electrons. The standard InChI is InChI=1S/C10H14N2O2/c1-2-3-4-7-11-8-5-6-9(13)12-10(8)14/h1,8,11H,3-7H2,(H,12,13,14). The van der Waals surface area contributed by atoms with Crippen molar-refractivity contribution in [3.8, 4) is 12.3 Å². The molecule has 0 bridgehead atoms. The van der Waals surface area contributed by atoms with Crippen LogP contribution in [0.2, 0.25) is 0 Å². The van der Waals surface area contributed by atoms with Gasteiger partial charge in [-0.3, -0.25) is 14.9 Å². The van der Waals surface area contributed by atoms with Crippen molar-refractivity contribution in [2.45, 2.75) is 31.7 Å². The molecular weight excluding hydrogens is 180 g/mol. The number of imide groups is 1. The molecule has 1 atom stereocenters. The molecule has 1 unspecified atom stereocenters. The third-order valence-corrected chi connectivity index (χ3v) is 2.13. The summed E-state index contributed by atoms with van der Waals surface area (Å²) in [6.07, 6.45) is 7.65. The second-order valence-corrected chi connectivity index (χ2v) is 3.27. The summed E-state index contributed by atoms with van der Waals surface area (Å²) >= 11 is 0. The van der Waals surface area contributed by atoms with Crippen LogP contribution in [0.3, 0.4) is 0 Å². The fraction of sp³-hybridized carbons (Fsp3) is 0.600. The molecule has 0 saturated carbocycles. The summed E-state index contributed by atoms with van der Waals surface area (Å²) in [5.74, 6) is 2.12. The van der Waals surface area contributed by atoms with Gasteiger partial charge in [-0.2, -0.15) is 0 Å². The van der Waals surface area contributed by atoms with Gasteiger partial charge in [0.1, 0.15) is 0 Å². The largest absolute Gasteiger partial charge is 0.306 e. The smallest absolute Gasteiger partial charge is 0.243 e. The Kier molecular flexibility index (Phi) is 4.14. The highest BCUT2D eigenvalue weighted by Crippen LogP contribution is 2.03. The molecule has 0 aliphatic carbocycles. The van der Waals surface area contributed by atoms with Crippen molar-refractivity contribution >= 4 is 11.8 Å². The van der Waals surface area contributed by atoms with Crippen molar-refractivity contribution in [3.05, 3.63) is 0 Å². The van der Waals surface area contributed by atoms with Crippen LogP contribution in [0.15, 0.2) is 0 Å². The predicted octanol–water partition coefficient (Wildman–Crippen LogP) is -0.205. The molecule has 0 radical (unpaired) electrons. The quantitative estimate of drug-likeness (QED) is 0.370. The minimum atomic E-state index is -0.231. The summed E-state index contributed by atoms with van der Waals surface area (Å²) in [7, 11) is 0. The van der Waals surface area contributed by atoms with Gasteiger partial charge in [0.2, 0.25) is 11.8 Å². The molecule has 1 aliphatic rings. The molecule has 1 aliphatic heterocycles. The third kappa shape index (κ3) is 3.19. The Hall–Kier alpha value is -1.34. The van der Waals surface area contributed by atoms with E-state index in [1.165, 1.54) is 0 Å². The first-order valence-electron chi connectivity index (χ1n) is 4.74. The second kappa shape index (κ2) is 5.40. The van der Waals surface area contributed by atoms with Crippen LogP contribution < -0.4 is 10.6 Å². The van der Waals surface area contributed by atoms with E-state index in [4.69, 9.17) is 6.42 Å². The fourth-order valence-corrected chi connectivity index (χ4v) is 1.36. The van der Waals surface area contributed by atoms with Crippen LogP contribution in [0.1, 0.15) is 25.7 Å². The molecule has 2 N–H and O–H groups in total. The second-order valence-electron chi connectivity index (χ2n) is 3.27. The number of terminal acetylenes is 1. The van der Waals surface area contributed by atoms with Gasteiger partial charge in [-0.15, -0.1) is 12.3 Å². The van der Waals surface area contributed by atoms with Crippen molar-refractivity contribution in [2.75, 3.05) is 6.54 Å². The van der Waals surface area contributed by atoms with E-state index in [1.54, 1.807) is 0 Å². The van der Waals surface area contributed by atoms with E-state index >= 15 is 0 Å². The molecule has 1 saturated heterocycles. The molecule has 0 spiro atoms. The summed E-state index contributed by atoms with van der Waals surface area (Å²) in [5.41, 5.74) is 0. The Morgan fingerprint density at radius 1 is 1.57 bits per heavy atom. The average molecular weight is 194 g/mol. The van der Waals surface area contributed by atoms with E-state index < -0.39 is 0 Å². The van der Waals surface area contributed by atoms with Gasteiger partial charge in [-0.1, -0.05) is 0 Å². The van der Waals surface area contributed by atoms with E-state index in [9.17, 15) is 9.59 Å². The lowest BCUT2D eigenvalue weighted by Gasteiger charge is -2.21. The molecule has 0 aromatic carbocycles. The molecule has 0 aromatic heterocycles. The van der Waals surface area contributed by atoms with Gasteiger partial charge in [-0.25, -0.2) is 0 Å². The summed E-state index contributed by atoms with van der Waals surface area (Å²) in [6.45, 7) is 0.719. The van der Waals surface area contributed by atoms with Crippen LogP contribution in [-0.2, 0) is 9.59 Å². The number of carbonyl (C=O) groups is 2. The van der Waals surface area contributed by atoms with E-state index in [1.807, 2.05) is 0 Å². The zero-order chi connectivity index (χ0) is 10.4. The highest BCUT2D eigenvalue weighted by molar-refractivity contribution is 6.00. The zero-order valence-electron chi connectivity index (χ0n) is 8.01. The van der Waals surface area contributed by atoms with Crippen LogP contribution in [-0.4, -0.2) is 24.4 Å². The van der Waals surface area contributed by atoms with E-state index in [-0.39, 0.29) is 17.9 Å². The van der Waals surface area contributed by atoms with Crippen LogP contribution >= 0.6 is 0 Å². The Morgan fingerprint density at radius 3 is 3.00 bits per heavy atom. The fourth-order valence-electron chi connectivity index (χ4n) is 1.36. The van der Waals surface area contributed by atoms with Gasteiger partial charge < -0.3 is 5.32 Å². The van der Waals surface area contributed by atoms with Gasteiger partial charge in [-0.05, 0) is 19.4 Å². The molecule has 4 nitrogen and oxygen atoms in total. The Morgan fingerprint density at radius 2 is 2.36 bits per heavy atom. The number of rotatable bonds is 4. The van der Waals surface area contributed by atoms with Crippen LogP contribution in [0.25, 0.3) is 0 Å². The highest BCUT2D eigenvalue weighted by Gasteiger charge is 2.25. The first-order chi connectivity index (χ1) is 6.74. The maximum atomic E-state index is 11.2. The van der Waals surface area contributed by atoms with Gasteiger partial charge in [0.25, 0.3) is 0 Å². The zero-order valence-corrected chi connectivity index (χ0v) is 8.01. The number of hydrogen-bond donors (Lipinski definition) is 2. The lowest BCUT2D eigenvalue weighted by molar-refractivity contribution is -0.134. The number of amides is 2. The highest BCUT2D eigenvalue weighted by atomic mass is 16.2. The topological polar surface area (TPSA) is 58.2 Å². The molecule has 1 heterocycles. The van der Waals surface area contributed by atoms with Crippen molar-refractivity contribution in [2.24, 2.45) is 0 Å². The molecule has 0 aromatic rings. The van der Waals surface area contributed by atoms with Crippen molar-refractivity contribution in [3.63, 3.8) is 0 Å². The van der Waals surface area contributed by atoms with Crippen LogP contribution in [0.4, 0.5) is 0 Å². The monoisotopic (exact) mass is 194 g/mol. The molecule has 14 heavy (non-hydrogen) atoms. The van der Waals surface area contributed by atoms with E-state index in [0.29, 0.717) is 19.3 Å². The third-order valence-electron chi connectivity index (χ3n) is 2.13. The lowest BCUT2D eigenvalue weighted by atomic mass is 10.1. The molecule has 1 rings (SSSR count). The molecule has 4 heteroatoms. The van der Waals surface area contributed by atoms with Crippen molar-refractivity contribution < 1.29 is 9.59 Å². The molecular formula is C10H14N2O2. The summed E-state index contributed by atoms with van der Waals surface area (Å²) in [4.78, 5) is 22.0. The number of nitrogens with one attached hydrogen (secondary N) is 2. The van der Waals surface area contributed by atoms with Crippen molar-refractivity contribution in [1.29, 1.82) is 0 Å². The van der Waals surface area contributed by atoms with Gasteiger partial charge in [0, 0.05) is 12.8 Å². The SMILES string of the molecule is C#CCCCNC1CCC(=O)NC1=O. The summed E-state index contributed by atoms with van der Waals surface area (Å²) < 4.78 is 0. The Bertz CT molecular complexity index is 268. The maximum Gasteiger partial charge on any atom is 0.243 e. The first kappa shape index (κ1) is 10.7. The van der Waals surface area contributed by atoms with Crippen LogP contribution in [0.5, 0.6) is 0 Å². The predicted molar refractivity (Wildman–Crippen MR) is 52.2 cm³/mol. The minimum Gasteiger partial charge on any atom is -0.306 e. The normalized spacial score (nSPS) is 21.5. The number of hydrogen-bond acceptors (Lipinski definition) is 3. The lowest BCUT2D eigenvalue weighted by Crippen LogP contribution is -2.50. The van der Waals surface area contributed by atoms with Crippen LogP contribution in [0, 0.1) is 12.3 Å². The number of piperidine rings is 1. The van der Waals surface area contributed by atoms with E-state index in [0.717, 1.165) is 13.0 Å². The van der Waals surface area contributed by atoms with Gasteiger partial charge in [0.05, 0.1) is 6.04 Å². The average Bonchev–Trinajstić information content (AvgIpc) is 2.15. The first-order valence-corrected chi connectivity index (χ1v) is 4.74. The molecule has 2 amide bonds. The van der Waals surface area contributed by atoms with Crippen molar-refractivity contribution in [1.82, 2.24) is 10.6 Å². The van der Waals surface area contributed by atoms with E-state index in [2.05, 4.69) is 16.6 Å². The summed E-state index contributed by atoms with van der Waals surface area (Å²) in [6, 6.07) is -0.231. The van der Waals surface area contributed by atoms with Gasteiger partial charge in [0.15, 0.2) is 0 Å². The summed E-state index contributed by atoms with van der Waals surface area (Å²) in [5, 5.41) is 5.36. The van der Waals surface area contributed by atoms with Gasteiger partial charge >= 0.3 is 0 Å².